The van der Waals surface area contributed by atoms with Crippen molar-refractivity contribution in [1.29, 1.82) is 0 Å². The minimum absolute atomic E-state index is 0.162. The minimum Gasteiger partial charge on any atom is -0.454 e. The third-order valence-electron chi connectivity index (χ3n) is 3.84. The Balaban J connectivity index is 1.50. The fraction of sp³-hybridized carbons (Fsp3) is 0.118. The second-order valence-corrected chi connectivity index (χ2v) is 5.51. The minimum atomic E-state index is -0.334. The monoisotopic (exact) mass is 350 g/mol. The Hall–Kier alpha value is -3.75. The number of nitrogens with one attached hydrogen (secondary N) is 1. The highest BCUT2D eigenvalue weighted by atomic mass is 16.7. The maximum atomic E-state index is 12.3. The summed E-state index contributed by atoms with van der Waals surface area (Å²) in [7, 11) is 0. The van der Waals surface area contributed by atoms with Crippen molar-refractivity contribution in [2.24, 2.45) is 5.10 Å². The Morgan fingerprint density at radius 2 is 2.04 bits per heavy atom. The van der Waals surface area contributed by atoms with Crippen LogP contribution in [0.3, 0.4) is 0 Å². The number of aromatic nitrogens is 4. The number of fused-ring (bicyclic) bond motifs is 1. The standard InChI is InChI=1S/C17H14N6O3/c1-11(12-3-2-4-14(7-12)23-9-18-21-22-23)19-20-17(24)13-5-6-15-16(8-13)26-10-25-15/h2-9H,10H2,1H3,(H,20,24)/b19-11-. The molecule has 130 valence electrons. The topological polar surface area (TPSA) is 104 Å². The van der Waals surface area contributed by atoms with Crippen LogP contribution in [0.5, 0.6) is 11.5 Å². The first kappa shape index (κ1) is 15.8. The van der Waals surface area contributed by atoms with Crippen molar-refractivity contribution in [2.45, 2.75) is 6.92 Å². The van der Waals surface area contributed by atoms with Gasteiger partial charge in [0, 0.05) is 5.56 Å². The van der Waals surface area contributed by atoms with Gasteiger partial charge in [0.1, 0.15) is 6.33 Å². The van der Waals surface area contributed by atoms with Crippen molar-refractivity contribution in [3.8, 4) is 17.2 Å². The van der Waals surface area contributed by atoms with Crippen LogP contribution in [0.4, 0.5) is 0 Å². The van der Waals surface area contributed by atoms with E-state index in [-0.39, 0.29) is 12.7 Å². The van der Waals surface area contributed by atoms with Crippen LogP contribution in [0.2, 0.25) is 0 Å². The molecule has 1 N–H and O–H groups in total. The smallest absolute Gasteiger partial charge is 0.271 e. The molecule has 0 saturated carbocycles. The third-order valence-corrected chi connectivity index (χ3v) is 3.84. The number of hydrogen-bond donors (Lipinski definition) is 1. The van der Waals surface area contributed by atoms with Gasteiger partial charge in [-0.2, -0.15) is 5.10 Å². The zero-order valence-corrected chi connectivity index (χ0v) is 13.8. The third kappa shape index (κ3) is 3.09. The molecule has 1 amide bonds. The van der Waals surface area contributed by atoms with Gasteiger partial charge in [-0.1, -0.05) is 12.1 Å². The van der Waals surface area contributed by atoms with Gasteiger partial charge in [0.05, 0.1) is 11.4 Å². The van der Waals surface area contributed by atoms with Gasteiger partial charge in [-0.3, -0.25) is 4.79 Å². The quantitative estimate of drug-likeness (QED) is 0.565. The molecule has 1 aliphatic rings. The molecule has 0 atom stereocenters. The summed E-state index contributed by atoms with van der Waals surface area (Å²) in [5, 5.41) is 15.3. The summed E-state index contributed by atoms with van der Waals surface area (Å²) in [5.41, 5.74) is 5.27. The first-order valence-electron chi connectivity index (χ1n) is 7.79. The van der Waals surface area contributed by atoms with E-state index in [0.29, 0.717) is 22.8 Å². The maximum absolute atomic E-state index is 12.3. The number of tetrazole rings is 1. The summed E-state index contributed by atoms with van der Waals surface area (Å²) in [5.74, 6) is 0.840. The zero-order chi connectivity index (χ0) is 17.9. The number of hydrazone groups is 1. The van der Waals surface area contributed by atoms with E-state index in [9.17, 15) is 4.79 Å². The van der Waals surface area contributed by atoms with E-state index in [1.807, 2.05) is 24.3 Å². The molecule has 4 rings (SSSR count). The fourth-order valence-corrected chi connectivity index (χ4v) is 2.45. The normalized spacial score (nSPS) is 12.9. The molecule has 1 aromatic heterocycles. The van der Waals surface area contributed by atoms with Crippen LogP contribution in [0, 0.1) is 0 Å². The van der Waals surface area contributed by atoms with Gasteiger partial charge < -0.3 is 9.47 Å². The van der Waals surface area contributed by atoms with Gasteiger partial charge in [-0.05, 0) is 53.2 Å². The number of nitrogens with zero attached hydrogens (tertiary/aromatic N) is 5. The van der Waals surface area contributed by atoms with E-state index in [0.717, 1.165) is 11.3 Å². The number of rotatable bonds is 4. The lowest BCUT2D eigenvalue weighted by Crippen LogP contribution is -2.19. The number of hydrogen-bond acceptors (Lipinski definition) is 7. The number of benzene rings is 2. The van der Waals surface area contributed by atoms with Crippen molar-refractivity contribution in [2.75, 3.05) is 6.79 Å². The molecule has 0 bridgehead atoms. The molecule has 0 aliphatic carbocycles. The summed E-state index contributed by atoms with van der Waals surface area (Å²) in [6.45, 7) is 1.97. The Morgan fingerprint density at radius 3 is 2.88 bits per heavy atom. The maximum Gasteiger partial charge on any atom is 0.271 e. The van der Waals surface area contributed by atoms with E-state index >= 15 is 0 Å². The fourth-order valence-electron chi connectivity index (χ4n) is 2.45. The summed E-state index contributed by atoms with van der Waals surface area (Å²) in [6, 6.07) is 12.5. The molecule has 9 heteroatoms. The van der Waals surface area contributed by atoms with Gasteiger partial charge >= 0.3 is 0 Å². The molecule has 2 heterocycles. The summed E-state index contributed by atoms with van der Waals surface area (Å²) >= 11 is 0. The summed E-state index contributed by atoms with van der Waals surface area (Å²) in [4.78, 5) is 12.3. The van der Waals surface area contributed by atoms with Crippen LogP contribution in [0.25, 0.3) is 5.69 Å². The van der Waals surface area contributed by atoms with E-state index < -0.39 is 0 Å². The molecule has 3 aromatic rings. The summed E-state index contributed by atoms with van der Waals surface area (Å²) in [6.07, 6.45) is 1.51. The van der Waals surface area contributed by atoms with Crippen LogP contribution in [-0.4, -0.2) is 38.6 Å². The highest BCUT2D eigenvalue weighted by Crippen LogP contribution is 2.32. The molecule has 0 unspecified atom stereocenters. The first-order valence-corrected chi connectivity index (χ1v) is 7.79. The molecular formula is C17H14N6O3. The molecule has 26 heavy (non-hydrogen) atoms. The molecule has 1 aliphatic heterocycles. The zero-order valence-electron chi connectivity index (χ0n) is 13.8. The van der Waals surface area contributed by atoms with E-state index in [4.69, 9.17) is 9.47 Å². The van der Waals surface area contributed by atoms with Gasteiger partial charge in [-0.15, -0.1) is 5.10 Å². The predicted octanol–water partition coefficient (Wildman–Crippen LogP) is 1.54. The predicted molar refractivity (Wildman–Crippen MR) is 91.4 cm³/mol. The number of ether oxygens (including phenoxy) is 2. The largest absolute Gasteiger partial charge is 0.454 e. The van der Waals surface area contributed by atoms with Crippen molar-refractivity contribution in [3.05, 3.63) is 59.9 Å². The second kappa shape index (κ2) is 6.63. The van der Waals surface area contributed by atoms with Gasteiger partial charge in [-0.25, -0.2) is 10.1 Å². The van der Waals surface area contributed by atoms with Crippen molar-refractivity contribution in [1.82, 2.24) is 25.6 Å². The lowest BCUT2D eigenvalue weighted by atomic mass is 10.1. The van der Waals surface area contributed by atoms with Crippen molar-refractivity contribution >= 4 is 11.6 Å². The molecule has 0 radical (unpaired) electrons. The van der Waals surface area contributed by atoms with Gasteiger partial charge in [0.25, 0.3) is 5.91 Å². The lowest BCUT2D eigenvalue weighted by Gasteiger charge is -2.06. The molecule has 0 spiro atoms. The van der Waals surface area contributed by atoms with E-state index in [2.05, 4.69) is 26.1 Å². The number of amides is 1. The SMILES string of the molecule is C/C(=N/NC(=O)c1ccc2c(c1)OCO2)c1cccc(-n2cnnn2)c1. The Bertz CT molecular complexity index is 984. The van der Waals surface area contributed by atoms with E-state index in [1.165, 1.54) is 6.33 Å². The van der Waals surface area contributed by atoms with Crippen molar-refractivity contribution < 1.29 is 14.3 Å². The average molecular weight is 350 g/mol. The van der Waals surface area contributed by atoms with Crippen LogP contribution in [0.1, 0.15) is 22.8 Å². The Morgan fingerprint density at radius 1 is 1.15 bits per heavy atom. The van der Waals surface area contributed by atoms with E-state index in [1.54, 1.807) is 29.8 Å². The molecule has 2 aromatic carbocycles. The number of carbonyl (C=O) groups is 1. The molecular weight excluding hydrogens is 336 g/mol. The van der Waals surface area contributed by atoms with Crippen molar-refractivity contribution in [3.63, 3.8) is 0 Å². The van der Waals surface area contributed by atoms with Gasteiger partial charge in [0.2, 0.25) is 6.79 Å². The molecule has 0 saturated heterocycles. The average Bonchev–Trinajstić information content (AvgIpc) is 3.36. The highest BCUT2D eigenvalue weighted by molar-refractivity contribution is 6.01. The van der Waals surface area contributed by atoms with Crippen LogP contribution in [0.15, 0.2) is 53.9 Å². The first-order chi connectivity index (χ1) is 12.7. The highest BCUT2D eigenvalue weighted by Gasteiger charge is 2.16. The Kier molecular flexibility index (Phi) is 4.02. The van der Waals surface area contributed by atoms with Gasteiger partial charge in [0.15, 0.2) is 11.5 Å². The molecule has 9 nitrogen and oxygen atoms in total. The van der Waals surface area contributed by atoms with Crippen LogP contribution < -0.4 is 14.9 Å². The lowest BCUT2D eigenvalue weighted by molar-refractivity contribution is 0.0954. The molecule has 0 fully saturated rings. The summed E-state index contributed by atoms with van der Waals surface area (Å²) < 4.78 is 12.1. The Labute approximate surface area is 148 Å². The van der Waals surface area contributed by atoms with Crippen LogP contribution >= 0.6 is 0 Å². The number of carbonyl (C=O) groups excluding carboxylic acids is 1. The second-order valence-electron chi connectivity index (χ2n) is 5.51. The van der Waals surface area contributed by atoms with Crippen LogP contribution in [-0.2, 0) is 0 Å².